The molecule has 0 fully saturated rings. The molecule has 6 rings (SSSR count). The van der Waals surface area contributed by atoms with E-state index in [1.165, 1.54) is 54.8 Å². The number of aromatic nitrogens is 1. The summed E-state index contributed by atoms with van der Waals surface area (Å²) in [6, 6.07) is 24.1. The Balaban J connectivity index is 2.09. The van der Waals surface area contributed by atoms with Gasteiger partial charge in [-0.25, -0.2) is 0 Å². The zero-order chi connectivity index (χ0) is 15.8. The smallest absolute Gasteiger partial charge is 0.0472 e. The molecule has 2 heteroatoms. The fourth-order valence-electron chi connectivity index (χ4n) is 4.25. The molecule has 0 saturated carbocycles. The standard InChI is InChI=1S/C22H12BrN/c23-16-9-11-18-22-20(16)15-6-2-1-5-13(15)14-7-3-4-12-8-10-17(24-18)21(22)19(12)14/h1-11,24H. The Labute approximate surface area is 147 Å². The van der Waals surface area contributed by atoms with E-state index >= 15 is 0 Å². The van der Waals surface area contributed by atoms with E-state index in [1.807, 2.05) is 0 Å². The zero-order valence-corrected chi connectivity index (χ0v) is 14.3. The van der Waals surface area contributed by atoms with E-state index in [0.29, 0.717) is 0 Å². The van der Waals surface area contributed by atoms with Gasteiger partial charge in [-0.15, -0.1) is 0 Å². The molecule has 1 aliphatic carbocycles. The quantitative estimate of drug-likeness (QED) is 0.300. The summed E-state index contributed by atoms with van der Waals surface area (Å²) in [5, 5.41) is 5.31. The Hall–Kier alpha value is -2.58. The minimum Gasteiger partial charge on any atom is -0.354 e. The molecule has 0 saturated heterocycles. The van der Waals surface area contributed by atoms with Crippen LogP contribution in [-0.4, -0.2) is 4.98 Å². The first-order valence-electron chi connectivity index (χ1n) is 8.08. The van der Waals surface area contributed by atoms with Gasteiger partial charge >= 0.3 is 0 Å². The Morgan fingerprint density at radius 2 is 1.33 bits per heavy atom. The molecule has 1 aromatic heterocycles. The maximum Gasteiger partial charge on any atom is 0.0472 e. The number of hydrogen-bond acceptors (Lipinski definition) is 0. The highest BCUT2D eigenvalue weighted by Crippen LogP contribution is 2.49. The van der Waals surface area contributed by atoms with Crippen LogP contribution in [0.2, 0.25) is 0 Å². The molecule has 112 valence electrons. The fourth-order valence-corrected chi connectivity index (χ4v) is 4.80. The molecule has 1 heterocycles. The number of nitrogens with one attached hydrogen (secondary N) is 1. The van der Waals surface area contributed by atoms with E-state index in [9.17, 15) is 0 Å². The average molecular weight is 370 g/mol. The van der Waals surface area contributed by atoms with Gasteiger partial charge in [-0.3, -0.25) is 0 Å². The molecule has 0 spiro atoms. The topological polar surface area (TPSA) is 15.8 Å². The summed E-state index contributed by atoms with van der Waals surface area (Å²) in [5.74, 6) is 0. The first-order chi connectivity index (χ1) is 11.8. The maximum atomic E-state index is 3.81. The number of H-pyrrole nitrogens is 1. The molecule has 0 unspecified atom stereocenters. The van der Waals surface area contributed by atoms with E-state index in [1.54, 1.807) is 0 Å². The first-order valence-corrected chi connectivity index (χ1v) is 8.87. The van der Waals surface area contributed by atoms with Crippen LogP contribution in [0.3, 0.4) is 0 Å². The van der Waals surface area contributed by atoms with Gasteiger partial charge in [0.05, 0.1) is 0 Å². The van der Waals surface area contributed by atoms with Crippen LogP contribution in [0.1, 0.15) is 0 Å². The Morgan fingerprint density at radius 3 is 2.25 bits per heavy atom. The molecule has 1 N–H and O–H groups in total. The minimum absolute atomic E-state index is 1.15. The van der Waals surface area contributed by atoms with E-state index < -0.39 is 0 Å². The fraction of sp³-hybridized carbons (Fsp3) is 0. The van der Waals surface area contributed by atoms with Crippen molar-refractivity contribution in [2.75, 3.05) is 0 Å². The summed E-state index contributed by atoms with van der Waals surface area (Å²) in [7, 11) is 0. The molecule has 0 atom stereocenters. The van der Waals surface area contributed by atoms with Gasteiger partial charge in [0.1, 0.15) is 0 Å². The van der Waals surface area contributed by atoms with Crippen LogP contribution in [0.4, 0.5) is 0 Å². The van der Waals surface area contributed by atoms with Crippen molar-refractivity contribution in [3.63, 3.8) is 0 Å². The van der Waals surface area contributed by atoms with Crippen molar-refractivity contribution in [1.82, 2.24) is 4.98 Å². The summed E-state index contributed by atoms with van der Waals surface area (Å²) >= 11 is 3.81. The molecular formula is C22H12BrN. The monoisotopic (exact) mass is 369 g/mol. The van der Waals surface area contributed by atoms with Crippen LogP contribution >= 0.6 is 15.9 Å². The summed E-state index contributed by atoms with van der Waals surface area (Å²) in [4.78, 5) is 3.61. The highest BCUT2D eigenvalue weighted by molar-refractivity contribution is 9.10. The van der Waals surface area contributed by atoms with Crippen molar-refractivity contribution >= 4 is 48.5 Å². The summed E-state index contributed by atoms with van der Waals surface area (Å²) in [6.45, 7) is 0. The van der Waals surface area contributed by atoms with E-state index in [2.05, 4.69) is 87.6 Å². The Morgan fingerprint density at radius 1 is 0.583 bits per heavy atom. The predicted molar refractivity (Wildman–Crippen MR) is 105 cm³/mol. The molecule has 4 aromatic carbocycles. The normalized spacial score (nSPS) is 12.4. The highest BCUT2D eigenvalue weighted by atomic mass is 79.9. The summed E-state index contributed by atoms with van der Waals surface area (Å²) in [6.07, 6.45) is 0. The Kier molecular flexibility index (Phi) is 2.28. The second kappa shape index (κ2) is 4.28. The largest absolute Gasteiger partial charge is 0.354 e. The van der Waals surface area contributed by atoms with Crippen molar-refractivity contribution in [2.24, 2.45) is 0 Å². The SMILES string of the molecule is Brc1ccc2[nH]c3ccc4cccc5c4c3c2c1-c1ccccc1-5. The zero-order valence-electron chi connectivity index (χ0n) is 12.7. The van der Waals surface area contributed by atoms with E-state index in [-0.39, 0.29) is 0 Å². The first kappa shape index (κ1) is 12.8. The van der Waals surface area contributed by atoms with Crippen molar-refractivity contribution in [1.29, 1.82) is 0 Å². The van der Waals surface area contributed by atoms with Crippen LogP contribution < -0.4 is 0 Å². The second-order valence-corrected chi connectivity index (χ2v) is 7.26. The number of fused-ring (bicyclic) bond motifs is 3. The van der Waals surface area contributed by atoms with Crippen LogP contribution in [0.25, 0.3) is 54.8 Å². The molecular weight excluding hydrogens is 358 g/mol. The number of halogens is 1. The van der Waals surface area contributed by atoms with E-state index in [0.717, 1.165) is 4.47 Å². The molecule has 0 radical (unpaired) electrons. The number of hydrogen-bond donors (Lipinski definition) is 1. The van der Waals surface area contributed by atoms with Crippen molar-refractivity contribution < 1.29 is 0 Å². The summed E-state index contributed by atoms with van der Waals surface area (Å²) < 4.78 is 1.15. The van der Waals surface area contributed by atoms with Crippen LogP contribution in [0.5, 0.6) is 0 Å². The number of benzene rings is 4. The molecule has 0 amide bonds. The van der Waals surface area contributed by atoms with Gasteiger partial charge in [-0.1, -0.05) is 64.5 Å². The van der Waals surface area contributed by atoms with Crippen molar-refractivity contribution in [2.45, 2.75) is 0 Å². The second-order valence-electron chi connectivity index (χ2n) is 6.41. The molecule has 0 aliphatic heterocycles. The lowest BCUT2D eigenvalue weighted by atomic mass is 9.93. The van der Waals surface area contributed by atoms with Gasteiger partial charge in [-0.2, -0.15) is 0 Å². The van der Waals surface area contributed by atoms with E-state index in [4.69, 9.17) is 0 Å². The molecule has 1 nitrogen and oxygen atoms in total. The van der Waals surface area contributed by atoms with Gasteiger partial charge in [0, 0.05) is 31.8 Å². The lowest BCUT2D eigenvalue weighted by molar-refractivity contribution is 1.54. The van der Waals surface area contributed by atoms with Gasteiger partial charge in [-0.05, 0) is 45.7 Å². The van der Waals surface area contributed by atoms with Gasteiger partial charge in [0.2, 0.25) is 0 Å². The Bertz CT molecular complexity index is 1310. The third-order valence-electron chi connectivity index (χ3n) is 5.21. The third kappa shape index (κ3) is 1.41. The third-order valence-corrected chi connectivity index (χ3v) is 5.87. The average Bonchev–Trinajstić information content (AvgIpc) is 2.93. The minimum atomic E-state index is 1.15. The van der Waals surface area contributed by atoms with Crippen molar-refractivity contribution in [3.05, 3.63) is 71.2 Å². The van der Waals surface area contributed by atoms with Crippen LogP contribution in [-0.2, 0) is 0 Å². The number of aromatic amines is 1. The maximum absolute atomic E-state index is 3.81. The summed E-state index contributed by atoms with van der Waals surface area (Å²) in [5.41, 5.74) is 7.61. The van der Waals surface area contributed by atoms with Crippen LogP contribution in [0.15, 0.2) is 71.2 Å². The van der Waals surface area contributed by atoms with Crippen LogP contribution in [0, 0.1) is 0 Å². The molecule has 24 heavy (non-hydrogen) atoms. The lowest BCUT2D eigenvalue weighted by Gasteiger charge is -2.12. The molecule has 1 aliphatic rings. The highest BCUT2D eigenvalue weighted by Gasteiger charge is 2.23. The molecule has 5 aromatic rings. The van der Waals surface area contributed by atoms with Gasteiger partial charge in [0.15, 0.2) is 0 Å². The van der Waals surface area contributed by atoms with Crippen molar-refractivity contribution in [3.8, 4) is 22.3 Å². The van der Waals surface area contributed by atoms with Gasteiger partial charge in [0.25, 0.3) is 0 Å². The van der Waals surface area contributed by atoms with Gasteiger partial charge < -0.3 is 4.98 Å². The predicted octanol–water partition coefficient (Wildman–Crippen LogP) is 6.88. The molecule has 0 bridgehead atoms. The number of rotatable bonds is 0. The lowest BCUT2D eigenvalue weighted by Crippen LogP contribution is -1.86.